The second-order valence-corrected chi connectivity index (χ2v) is 5.03. The molecule has 0 aromatic heterocycles. The van der Waals surface area contributed by atoms with Crippen molar-refractivity contribution in [1.82, 2.24) is 5.32 Å². The fourth-order valence-corrected chi connectivity index (χ4v) is 1.99. The fourth-order valence-electron chi connectivity index (χ4n) is 1.42. The van der Waals surface area contributed by atoms with Crippen molar-refractivity contribution in [3.05, 3.63) is 46.0 Å². The lowest BCUT2D eigenvalue weighted by molar-refractivity contribution is 0.709. The molecular formula is C13H17Cl2N3. The number of hydrogen-bond donors (Lipinski definition) is 2. The third-order valence-corrected chi connectivity index (χ3v) is 2.88. The van der Waals surface area contributed by atoms with Gasteiger partial charge in [-0.15, -0.1) is 0 Å². The number of nitrogens with two attached hydrogens (primary N) is 1. The lowest BCUT2D eigenvalue weighted by Gasteiger charge is -2.16. The Balaban J connectivity index is 2.73. The lowest BCUT2D eigenvalue weighted by Crippen LogP contribution is -2.34. The molecule has 1 aromatic rings. The summed E-state index contributed by atoms with van der Waals surface area (Å²) in [5.41, 5.74) is 7.65. The predicted octanol–water partition coefficient (Wildman–Crippen LogP) is 3.53. The van der Waals surface area contributed by atoms with Crippen molar-refractivity contribution in [2.24, 2.45) is 10.7 Å². The number of rotatable bonds is 4. The van der Waals surface area contributed by atoms with Crippen LogP contribution >= 0.6 is 23.2 Å². The summed E-state index contributed by atoms with van der Waals surface area (Å²) in [4.78, 5) is 4.15. The van der Waals surface area contributed by atoms with Crippen LogP contribution in [-0.4, -0.2) is 12.5 Å². The van der Waals surface area contributed by atoms with Gasteiger partial charge in [0.05, 0.1) is 12.6 Å². The minimum Gasteiger partial charge on any atom is -0.370 e. The third-order valence-electron chi connectivity index (χ3n) is 2.31. The smallest absolute Gasteiger partial charge is 0.189 e. The van der Waals surface area contributed by atoms with Crippen molar-refractivity contribution < 1.29 is 0 Å². The summed E-state index contributed by atoms with van der Waals surface area (Å²) in [6, 6.07) is 5.33. The number of guanidine groups is 1. The highest BCUT2D eigenvalue weighted by molar-refractivity contribution is 6.35. The van der Waals surface area contributed by atoms with Crippen molar-refractivity contribution in [2.45, 2.75) is 19.9 Å². The molecule has 1 aromatic carbocycles. The van der Waals surface area contributed by atoms with Gasteiger partial charge in [-0.05, 0) is 31.5 Å². The Hall–Kier alpha value is -1.19. The van der Waals surface area contributed by atoms with Crippen molar-refractivity contribution in [3.63, 3.8) is 0 Å². The molecule has 0 aliphatic rings. The second-order valence-electron chi connectivity index (χ2n) is 4.19. The quantitative estimate of drug-likeness (QED) is 0.505. The van der Waals surface area contributed by atoms with Gasteiger partial charge in [-0.3, -0.25) is 0 Å². The van der Waals surface area contributed by atoms with Crippen LogP contribution in [-0.2, 0) is 0 Å². The summed E-state index contributed by atoms with van der Waals surface area (Å²) in [7, 11) is 0. The van der Waals surface area contributed by atoms with Gasteiger partial charge in [0, 0.05) is 10.0 Å². The summed E-state index contributed by atoms with van der Waals surface area (Å²) in [6.07, 6.45) is 0. The van der Waals surface area contributed by atoms with Gasteiger partial charge in [-0.25, -0.2) is 4.99 Å². The van der Waals surface area contributed by atoms with Crippen LogP contribution in [0.5, 0.6) is 0 Å². The maximum Gasteiger partial charge on any atom is 0.189 e. The number of hydrogen-bond acceptors (Lipinski definition) is 1. The van der Waals surface area contributed by atoms with Crippen LogP contribution in [0, 0.1) is 0 Å². The van der Waals surface area contributed by atoms with E-state index in [1.54, 1.807) is 12.1 Å². The molecule has 0 aliphatic carbocycles. The first-order valence-corrected chi connectivity index (χ1v) is 6.31. The highest BCUT2D eigenvalue weighted by Gasteiger charge is 2.10. The van der Waals surface area contributed by atoms with Gasteiger partial charge in [0.25, 0.3) is 0 Å². The van der Waals surface area contributed by atoms with E-state index in [1.165, 1.54) is 0 Å². The first kappa shape index (κ1) is 14.9. The standard InChI is InChI=1S/C13H17Cl2N3/c1-8(2)7-17-13(16)18-9(3)11-5-4-10(14)6-12(11)15/h4-6,9H,1,7H2,2-3H3,(H3,16,17,18). The van der Waals surface area contributed by atoms with Crippen LogP contribution in [0.2, 0.25) is 10.0 Å². The van der Waals surface area contributed by atoms with Crippen LogP contribution in [0.3, 0.4) is 0 Å². The van der Waals surface area contributed by atoms with Crippen molar-refractivity contribution in [1.29, 1.82) is 0 Å². The zero-order valence-corrected chi connectivity index (χ0v) is 12.0. The number of nitrogens with zero attached hydrogens (tertiary/aromatic N) is 1. The molecular weight excluding hydrogens is 269 g/mol. The molecule has 0 bridgehead atoms. The largest absolute Gasteiger partial charge is 0.370 e. The molecule has 0 saturated heterocycles. The van der Waals surface area contributed by atoms with Gasteiger partial charge < -0.3 is 11.1 Å². The van der Waals surface area contributed by atoms with E-state index in [4.69, 9.17) is 28.9 Å². The summed E-state index contributed by atoms with van der Waals surface area (Å²) in [6.45, 7) is 8.13. The maximum atomic E-state index is 6.12. The molecule has 1 atom stereocenters. The van der Waals surface area contributed by atoms with E-state index in [2.05, 4.69) is 16.9 Å². The van der Waals surface area contributed by atoms with Gasteiger partial charge >= 0.3 is 0 Å². The normalized spacial score (nSPS) is 13.2. The van der Waals surface area contributed by atoms with E-state index < -0.39 is 0 Å². The second kappa shape index (κ2) is 6.66. The van der Waals surface area contributed by atoms with Gasteiger partial charge in [0.2, 0.25) is 0 Å². The van der Waals surface area contributed by atoms with Gasteiger partial charge in [-0.1, -0.05) is 41.4 Å². The topological polar surface area (TPSA) is 50.4 Å². The Morgan fingerprint density at radius 1 is 1.50 bits per heavy atom. The zero-order chi connectivity index (χ0) is 13.7. The third kappa shape index (κ3) is 4.59. The molecule has 18 heavy (non-hydrogen) atoms. The first-order valence-electron chi connectivity index (χ1n) is 5.56. The molecule has 1 unspecified atom stereocenters. The molecule has 0 spiro atoms. The SMILES string of the molecule is C=C(C)CN=C(N)NC(C)c1ccc(Cl)cc1Cl. The number of halogens is 2. The molecule has 0 amide bonds. The highest BCUT2D eigenvalue weighted by Crippen LogP contribution is 2.25. The summed E-state index contributed by atoms with van der Waals surface area (Å²) in [5.74, 6) is 0.372. The van der Waals surface area contributed by atoms with Crippen LogP contribution in [0.25, 0.3) is 0 Å². The Bertz CT molecular complexity index is 469. The maximum absolute atomic E-state index is 6.12. The predicted molar refractivity (Wildman–Crippen MR) is 79.3 cm³/mol. The monoisotopic (exact) mass is 285 g/mol. The average Bonchev–Trinajstić information content (AvgIpc) is 2.26. The Kier molecular flexibility index (Phi) is 5.51. The van der Waals surface area contributed by atoms with E-state index in [-0.39, 0.29) is 6.04 Å². The molecule has 0 fully saturated rings. The Morgan fingerprint density at radius 3 is 2.72 bits per heavy atom. The minimum absolute atomic E-state index is 0.0383. The summed E-state index contributed by atoms with van der Waals surface area (Å²) >= 11 is 12.0. The van der Waals surface area contributed by atoms with E-state index in [0.29, 0.717) is 22.5 Å². The summed E-state index contributed by atoms with van der Waals surface area (Å²) in [5, 5.41) is 4.29. The number of aliphatic imine (C=N–C) groups is 1. The molecule has 0 saturated carbocycles. The number of nitrogens with one attached hydrogen (secondary N) is 1. The molecule has 0 radical (unpaired) electrons. The van der Waals surface area contributed by atoms with Crippen LogP contribution < -0.4 is 11.1 Å². The van der Waals surface area contributed by atoms with Crippen LogP contribution in [0.4, 0.5) is 0 Å². The van der Waals surface area contributed by atoms with E-state index in [9.17, 15) is 0 Å². The van der Waals surface area contributed by atoms with Crippen molar-refractivity contribution in [3.8, 4) is 0 Å². The Labute approximate surface area is 118 Å². The molecule has 3 nitrogen and oxygen atoms in total. The van der Waals surface area contributed by atoms with Crippen molar-refractivity contribution >= 4 is 29.2 Å². The molecule has 0 heterocycles. The van der Waals surface area contributed by atoms with Crippen molar-refractivity contribution in [2.75, 3.05) is 6.54 Å². The number of benzene rings is 1. The lowest BCUT2D eigenvalue weighted by atomic mass is 10.1. The molecule has 98 valence electrons. The van der Waals surface area contributed by atoms with Gasteiger partial charge in [0.1, 0.15) is 0 Å². The van der Waals surface area contributed by atoms with E-state index in [1.807, 2.05) is 19.9 Å². The van der Waals surface area contributed by atoms with E-state index >= 15 is 0 Å². The van der Waals surface area contributed by atoms with Gasteiger partial charge in [0.15, 0.2) is 5.96 Å². The molecule has 3 N–H and O–H groups in total. The molecule has 0 aliphatic heterocycles. The zero-order valence-electron chi connectivity index (χ0n) is 10.5. The van der Waals surface area contributed by atoms with Crippen LogP contribution in [0.1, 0.15) is 25.5 Å². The first-order chi connectivity index (χ1) is 8.40. The Morgan fingerprint density at radius 2 is 2.17 bits per heavy atom. The van der Waals surface area contributed by atoms with Gasteiger partial charge in [-0.2, -0.15) is 0 Å². The van der Waals surface area contributed by atoms with Crippen LogP contribution in [0.15, 0.2) is 35.3 Å². The highest BCUT2D eigenvalue weighted by atomic mass is 35.5. The molecule has 5 heteroatoms. The van der Waals surface area contributed by atoms with E-state index in [0.717, 1.165) is 11.1 Å². The minimum atomic E-state index is -0.0383. The average molecular weight is 286 g/mol. The fraction of sp³-hybridized carbons (Fsp3) is 0.308. The molecule has 1 rings (SSSR count). The summed E-state index contributed by atoms with van der Waals surface area (Å²) < 4.78 is 0.